The fourth-order valence-corrected chi connectivity index (χ4v) is 11.8. The van der Waals surface area contributed by atoms with Crippen LogP contribution in [0.5, 0.6) is 11.5 Å². The molecule has 0 saturated heterocycles. The van der Waals surface area contributed by atoms with Crippen molar-refractivity contribution in [3.63, 3.8) is 0 Å². The summed E-state index contributed by atoms with van der Waals surface area (Å²) in [6.07, 6.45) is 0. The number of nitrogens with zero attached hydrogens (tertiary/aromatic N) is 3. The second-order valence-corrected chi connectivity index (χ2v) is 21.9. The van der Waals surface area contributed by atoms with Crippen LogP contribution in [-0.4, -0.2) is 15.8 Å². The van der Waals surface area contributed by atoms with Gasteiger partial charge in [0.2, 0.25) is 0 Å². The first-order valence-corrected chi connectivity index (χ1v) is 25.3. The number of hydrogen-bond donors (Lipinski definition) is 0. The zero-order chi connectivity index (χ0) is 56.3. The molecule has 0 fully saturated rings. The summed E-state index contributed by atoms with van der Waals surface area (Å²) >= 11 is 0. The molecule has 14 rings (SSSR count). The van der Waals surface area contributed by atoms with Crippen LogP contribution < -0.4 is 21.1 Å². The molecule has 0 N–H and O–H groups in total. The summed E-state index contributed by atoms with van der Waals surface area (Å²) in [5.74, 6) is 1.12. The van der Waals surface area contributed by atoms with Crippen LogP contribution in [0.15, 0.2) is 206 Å². The number of fused-ring (bicyclic) bond motifs is 14. The lowest BCUT2D eigenvalue weighted by Crippen LogP contribution is -2.58. The summed E-state index contributed by atoms with van der Waals surface area (Å²) in [6.45, 7) is 12.9. The van der Waals surface area contributed by atoms with Gasteiger partial charge in [-0.05, 0) is 131 Å². The van der Waals surface area contributed by atoms with Crippen LogP contribution >= 0.6 is 0 Å². The van der Waals surface area contributed by atoms with Crippen LogP contribution in [-0.2, 0) is 10.8 Å². The van der Waals surface area contributed by atoms with Gasteiger partial charge in [-0.2, -0.15) is 5.26 Å². The highest BCUT2D eigenvalue weighted by Gasteiger charge is 2.41. The monoisotopic (exact) mass is 956 g/mol. The second-order valence-electron chi connectivity index (χ2n) is 21.9. The Morgan fingerprint density at radius 2 is 1.08 bits per heavy atom. The van der Waals surface area contributed by atoms with Gasteiger partial charge >= 0.3 is 0 Å². The number of ether oxygens (including phenoxy) is 1. The van der Waals surface area contributed by atoms with Crippen molar-refractivity contribution in [3.8, 4) is 51.2 Å². The van der Waals surface area contributed by atoms with Gasteiger partial charge in [-0.25, -0.2) is 0 Å². The van der Waals surface area contributed by atoms with Gasteiger partial charge in [0.15, 0.2) is 0 Å². The summed E-state index contributed by atoms with van der Waals surface area (Å²) < 4.78 is 76.5. The Balaban J connectivity index is 1.22. The van der Waals surface area contributed by atoms with Gasteiger partial charge in [-0.3, -0.25) is 0 Å². The van der Waals surface area contributed by atoms with E-state index in [1.54, 1.807) is 4.57 Å². The van der Waals surface area contributed by atoms with Crippen LogP contribution in [0.4, 0.5) is 0 Å². The molecule has 0 saturated carbocycles. The van der Waals surface area contributed by atoms with E-state index >= 15 is 0 Å². The molecule has 2 aliphatic heterocycles. The predicted octanol–water partition coefficient (Wildman–Crippen LogP) is 16.0. The fraction of sp³-hybridized carbons (Fsp3) is 0.116. The first-order chi connectivity index (χ1) is 38.8. The van der Waals surface area contributed by atoms with Gasteiger partial charge in [0.1, 0.15) is 11.5 Å². The summed E-state index contributed by atoms with van der Waals surface area (Å²) in [7, 11) is 0. The van der Waals surface area contributed by atoms with E-state index < -0.39 is 30.9 Å². The third-order valence-corrected chi connectivity index (χ3v) is 15.4. The highest BCUT2D eigenvalue weighted by atomic mass is 16.5. The minimum Gasteiger partial charge on any atom is -0.458 e. The van der Waals surface area contributed by atoms with E-state index in [2.05, 4.69) is 198 Å². The lowest BCUT2D eigenvalue weighted by Gasteiger charge is -2.35. The molecule has 0 unspecified atom stereocenters. The molecule has 0 aliphatic carbocycles. The van der Waals surface area contributed by atoms with Crippen LogP contribution in [0.25, 0.3) is 98.8 Å². The number of para-hydroxylation sites is 2. The minimum atomic E-state index is -0.513. The highest BCUT2D eigenvalue weighted by Crippen LogP contribution is 2.43. The molecule has 2 aliphatic rings. The normalized spacial score (nSPS) is 14.1. The van der Waals surface area contributed by atoms with E-state index in [9.17, 15) is 10.7 Å². The van der Waals surface area contributed by atoms with Gasteiger partial charge in [0, 0.05) is 38.8 Å². The number of hydrogen-bond acceptors (Lipinski definition) is 2. The molecular weight excluding hydrogens is 898 g/mol. The average Bonchev–Trinajstić information content (AvgIpc) is 2.54. The van der Waals surface area contributed by atoms with Crippen LogP contribution in [0, 0.1) is 11.3 Å². The van der Waals surface area contributed by atoms with Crippen molar-refractivity contribution in [1.82, 2.24) is 9.13 Å². The summed E-state index contributed by atoms with van der Waals surface area (Å²) in [5, 5.41) is 16.5. The van der Waals surface area contributed by atoms with E-state index in [-0.39, 0.29) is 56.3 Å². The Morgan fingerprint density at radius 3 is 1.77 bits per heavy atom. The number of rotatable bonds is 3. The molecule has 0 amide bonds. The largest absolute Gasteiger partial charge is 0.458 e. The van der Waals surface area contributed by atoms with Gasteiger partial charge < -0.3 is 13.9 Å². The predicted molar refractivity (Wildman–Crippen MR) is 312 cm³/mol. The standard InChI is InChI=1S/C69H52BN3O/c1-68(2,3)47-19-15-17-43(34-47)45-30-31-58-64(38-45)74-65-40-49(72-60-27-13-12-26-55(60)56-33-42(41-71)29-32-62(56)72)39-63-66(65)70(58)59-37-46(44-18-16-20-48(35-44)69(4,5)6)36-57-53-24-10-8-22-51(53)50-21-7-9-23-52(50)54-25-11-14-28-61(54)73(63)67(57)59/h7-40H,1-6H3/i12D,13D,26D,27D,29D,32D,33D. The van der Waals surface area contributed by atoms with Crippen LogP contribution in [0.1, 0.15) is 67.8 Å². The molecule has 4 nitrogen and oxygen atoms in total. The van der Waals surface area contributed by atoms with E-state index in [1.807, 2.05) is 18.2 Å². The molecule has 0 bridgehead atoms. The van der Waals surface area contributed by atoms with Gasteiger partial charge in [0.05, 0.1) is 43.5 Å². The smallest absolute Gasteiger partial charge is 0.256 e. The molecule has 0 atom stereocenters. The van der Waals surface area contributed by atoms with Crippen molar-refractivity contribution < 1.29 is 14.3 Å². The first kappa shape index (κ1) is 37.0. The maximum Gasteiger partial charge on any atom is 0.256 e. The van der Waals surface area contributed by atoms with Gasteiger partial charge in [0.25, 0.3) is 6.71 Å². The first-order valence-electron chi connectivity index (χ1n) is 28.8. The zero-order valence-corrected chi connectivity index (χ0v) is 41.9. The zero-order valence-electron chi connectivity index (χ0n) is 48.9. The summed E-state index contributed by atoms with van der Waals surface area (Å²) in [6, 6.07) is 57.0. The summed E-state index contributed by atoms with van der Waals surface area (Å²) in [4.78, 5) is 0. The molecule has 10 aromatic carbocycles. The Morgan fingerprint density at radius 1 is 0.473 bits per heavy atom. The molecule has 5 heteroatoms. The van der Waals surface area contributed by atoms with Gasteiger partial charge in [-0.15, -0.1) is 0 Å². The molecular formula is C69H52BN3O. The molecule has 352 valence electrons. The third-order valence-electron chi connectivity index (χ3n) is 15.4. The van der Waals surface area contributed by atoms with E-state index in [0.717, 1.165) is 87.7 Å². The Labute approximate surface area is 441 Å². The lowest BCUT2D eigenvalue weighted by atomic mass is 9.34. The topological polar surface area (TPSA) is 42.9 Å². The van der Waals surface area contributed by atoms with Crippen molar-refractivity contribution in [2.75, 3.05) is 0 Å². The van der Waals surface area contributed by atoms with Crippen molar-refractivity contribution in [2.24, 2.45) is 0 Å². The molecule has 0 spiro atoms. The molecule has 4 heterocycles. The quantitative estimate of drug-likeness (QED) is 0.166. The maximum absolute atomic E-state index is 10.4. The second kappa shape index (κ2) is 16.1. The third kappa shape index (κ3) is 6.68. The highest BCUT2D eigenvalue weighted by molar-refractivity contribution is 6.99. The molecule has 2 aromatic heterocycles. The molecule has 12 aromatic rings. The number of nitriles is 1. The van der Waals surface area contributed by atoms with Crippen LogP contribution in [0.2, 0.25) is 0 Å². The fourth-order valence-electron chi connectivity index (χ4n) is 11.8. The van der Waals surface area contributed by atoms with Gasteiger partial charge in [-0.1, -0.05) is 193 Å². The van der Waals surface area contributed by atoms with Crippen molar-refractivity contribution in [1.29, 1.82) is 5.26 Å². The Kier molecular flexibility index (Phi) is 8.04. The molecule has 74 heavy (non-hydrogen) atoms. The van der Waals surface area contributed by atoms with Crippen molar-refractivity contribution in [2.45, 2.75) is 52.4 Å². The van der Waals surface area contributed by atoms with Crippen LogP contribution in [0.3, 0.4) is 0 Å². The average molecular weight is 957 g/mol. The van der Waals surface area contributed by atoms with E-state index in [0.29, 0.717) is 17.2 Å². The number of aromatic nitrogens is 2. The SMILES string of the molecule is [2H]c1c([2H])c([2H])c2c(c1[2H])c1c([2H])c(C#N)c([2H])c([2H])c1n2-c1cc2c3c(c1)-n1c4ccccc4c4ccccc4c4ccccc4c4cc(-c5cccc(C(C)(C)C)c5)cc(c41)B3c1ccc(-c3cccc(C(C)(C)C)c3)cc1O2. The van der Waals surface area contributed by atoms with E-state index in [4.69, 9.17) is 8.85 Å². The van der Waals surface area contributed by atoms with E-state index in [1.165, 1.54) is 11.1 Å². The lowest BCUT2D eigenvalue weighted by molar-refractivity contribution is 0.487. The maximum atomic E-state index is 10.4. The van der Waals surface area contributed by atoms with Crippen molar-refractivity contribution >= 4 is 88.3 Å². The minimum absolute atomic E-state index is 0.0100. The number of benzene rings is 10. The van der Waals surface area contributed by atoms with Crippen molar-refractivity contribution in [3.05, 3.63) is 223 Å². The molecule has 0 radical (unpaired) electrons. The Bertz CT molecular complexity index is 4940. The summed E-state index contributed by atoms with van der Waals surface area (Å²) in [5.41, 5.74) is 11.8. The Hall–Kier alpha value is -8.85.